The first-order valence-corrected chi connectivity index (χ1v) is 6.88. The Morgan fingerprint density at radius 3 is 2.60 bits per heavy atom. The molecular formula is C13H23NS. The van der Waals surface area contributed by atoms with E-state index < -0.39 is 0 Å². The van der Waals surface area contributed by atoms with Crippen LogP contribution in [0.1, 0.15) is 56.0 Å². The second kappa shape index (κ2) is 6.29. The molecule has 1 aromatic heterocycles. The van der Waals surface area contributed by atoms with Crippen molar-refractivity contribution in [2.75, 3.05) is 0 Å². The SMILES string of the molecule is CCCCC(CC)C(N)c1sccc1C. The summed E-state index contributed by atoms with van der Waals surface area (Å²) in [6, 6.07) is 2.42. The molecule has 0 aromatic carbocycles. The minimum absolute atomic E-state index is 0.251. The van der Waals surface area contributed by atoms with Gasteiger partial charge in [0.25, 0.3) is 0 Å². The summed E-state index contributed by atoms with van der Waals surface area (Å²) in [4.78, 5) is 1.39. The van der Waals surface area contributed by atoms with Gasteiger partial charge in [-0.15, -0.1) is 11.3 Å². The normalized spacial score (nSPS) is 15.2. The van der Waals surface area contributed by atoms with E-state index in [0.717, 1.165) is 0 Å². The van der Waals surface area contributed by atoms with Crippen molar-refractivity contribution < 1.29 is 0 Å². The van der Waals surface area contributed by atoms with E-state index in [0.29, 0.717) is 5.92 Å². The molecular weight excluding hydrogens is 202 g/mol. The third kappa shape index (κ3) is 3.32. The molecule has 1 nitrogen and oxygen atoms in total. The van der Waals surface area contributed by atoms with Crippen LogP contribution in [-0.4, -0.2) is 0 Å². The Kier molecular flexibility index (Phi) is 5.34. The summed E-state index contributed by atoms with van der Waals surface area (Å²) in [6.07, 6.45) is 5.04. The van der Waals surface area contributed by atoms with Gasteiger partial charge in [0.1, 0.15) is 0 Å². The highest BCUT2D eigenvalue weighted by molar-refractivity contribution is 7.10. The minimum atomic E-state index is 0.251. The average Bonchev–Trinajstić information content (AvgIpc) is 2.65. The van der Waals surface area contributed by atoms with Gasteiger partial charge < -0.3 is 5.73 Å². The third-order valence-corrected chi connectivity index (χ3v) is 4.29. The first-order valence-electron chi connectivity index (χ1n) is 6.00. The molecule has 0 bridgehead atoms. The number of hydrogen-bond acceptors (Lipinski definition) is 2. The van der Waals surface area contributed by atoms with Crippen molar-refractivity contribution in [1.82, 2.24) is 0 Å². The second-order valence-electron chi connectivity index (χ2n) is 4.30. The zero-order chi connectivity index (χ0) is 11.3. The molecule has 1 rings (SSSR count). The van der Waals surface area contributed by atoms with E-state index >= 15 is 0 Å². The number of hydrogen-bond donors (Lipinski definition) is 1. The van der Waals surface area contributed by atoms with E-state index in [4.69, 9.17) is 5.73 Å². The molecule has 0 saturated heterocycles. The van der Waals surface area contributed by atoms with Crippen LogP contribution in [0.2, 0.25) is 0 Å². The van der Waals surface area contributed by atoms with Gasteiger partial charge in [-0.05, 0) is 36.3 Å². The highest BCUT2D eigenvalue weighted by Crippen LogP contribution is 2.31. The quantitative estimate of drug-likeness (QED) is 0.768. The molecule has 2 atom stereocenters. The van der Waals surface area contributed by atoms with Gasteiger partial charge >= 0.3 is 0 Å². The highest BCUT2D eigenvalue weighted by Gasteiger charge is 2.19. The molecule has 2 unspecified atom stereocenters. The van der Waals surface area contributed by atoms with Gasteiger partial charge in [-0.25, -0.2) is 0 Å². The van der Waals surface area contributed by atoms with E-state index in [1.165, 1.54) is 36.1 Å². The largest absolute Gasteiger partial charge is 0.323 e. The van der Waals surface area contributed by atoms with Crippen molar-refractivity contribution in [3.05, 3.63) is 21.9 Å². The monoisotopic (exact) mass is 225 g/mol. The molecule has 0 saturated carbocycles. The van der Waals surface area contributed by atoms with Crippen molar-refractivity contribution in [2.45, 2.75) is 52.5 Å². The van der Waals surface area contributed by atoms with Crippen LogP contribution in [0.15, 0.2) is 11.4 Å². The van der Waals surface area contributed by atoms with Crippen LogP contribution >= 0.6 is 11.3 Å². The number of unbranched alkanes of at least 4 members (excludes halogenated alkanes) is 1. The molecule has 1 aromatic rings. The number of aryl methyl sites for hydroxylation is 1. The van der Waals surface area contributed by atoms with Crippen LogP contribution in [0.3, 0.4) is 0 Å². The van der Waals surface area contributed by atoms with E-state index in [9.17, 15) is 0 Å². The maximum atomic E-state index is 6.35. The fourth-order valence-electron chi connectivity index (χ4n) is 2.04. The lowest BCUT2D eigenvalue weighted by Crippen LogP contribution is -2.20. The van der Waals surface area contributed by atoms with Gasteiger partial charge in [-0.2, -0.15) is 0 Å². The number of nitrogens with two attached hydrogens (primary N) is 1. The van der Waals surface area contributed by atoms with Crippen LogP contribution in [0.25, 0.3) is 0 Å². The number of thiophene rings is 1. The van der Waals surface area contributed by atoms with Crippen LogP contribution in [0.5, 0.6) is 0 Å². The third-order valence-electron chi connectivity index (χ3n) is 3.17. The van der Waals surface area contributed by atoms with Crippen LogP contribution in [-0.2, 0) is 0 Å². The minimum Gasteiger partial charge on any atom is -0.323 e. The summed E-state index contributed by atoms with van der Waals surface area (Å²) in [5, 5.41) is 2.15. The molecule has 0 amide bonds. The van der Waals surface area contributed by atoms with Crippen molar-refractivity contribution in [2.24, 2.45) is 11.7 Å². The van der Waals surface area contributed by atoms with Gasteiger partial charge in [-0.3, -0.25) is 0 Å². The zero-order valence-corrected chi connectivity index (χ0v) is 10.9. The molecule has 0 aliphatic heterocycles. The summed E-state index contributed by atoms with van der Waals surface area (Å²) < 4.78 is 0. The van der Waals surface area contributed by atoms with Crippen LogP contribution in [0, 0.1) is 12.8 Å². The summed E-state index contributed by atoms with van der Waals surface area (Å²) in [7, 11) is 0. The van der Waals surface area contributed by atoms with Crippen molar-refractivity contribution in [3.8, 4) is 0 Å². The maximum absolute atomic E-state index is 6.35. The van der Waals surface area contributed by atoms with Crippen LogP contribution in [0.4, 0.5) is 0 Å². The zero-order valence-electron chi connectivity index (χ0n) is 10.1. The number of rotatable bonds is 6. The fraction of sp³-hybridized carbons (Fsp3) is 0.692. The van der Waals surface area contributed by atoms with Gasteiger partial charge in [0, 0.05) is 10.9 Å². The molecule has 86 valence electrons. The van der Waals surface area contributed by atoms with E-state index in [2.05, 4.69) is 32.2 Å². The summed E-state index contributed by atoms with van der Waals surface area (Å²) >= 11 is 1.81. The summed E-state index contributed by atoms with van der Waals surface area (Å²) in [5.41, 5.74) is 7.71. The molecule has 0 aliphatic carbocycles. The lowest BCUT2D eigenvalue weighted by molar-refractivity contribution is 0.381. The summed E-state index contributed by atoms with van der Waals surface area (Å²) in [6.45, 7) is 6.66. The lowest BCUT2D eigenvalue weighted by atomic mass is 9.90. The molecule has 0 fully saturated rings. The molecule has 0 radical (unpaired) electrons. The first-order chi connectivity index (χ1) is 7.20. The van der Waals surface area contributed by atoms with E-state index in [1.54, 1.807) is 0 Å². The Morgan fingerprint density at radius 2 is 2.13 bits per heavy atom. The van der Waals surface area contributed by atoms with Crippen molar-refractivity contribution >= 4 is 11.3 Å². The van der Waals surface area contributed by atoms with Gasteiger partial charge in [-0.1, -0.05) is 33.1 Å². The Morgan fingerprint density at radius 1 is 1.40 bits per heavy atom. The molecule has 2 heteroatoms. The molecule has 0 aliphatic rings. The van der Waals surface area contributed by atoms with Crippen molar-refractivity contribution in [1.29, 1.82) is 0 Å². The maximum Gasteiger partial charge on any atom is 0.0420 e. The Balaban J connectivity index is 2.64. The predicted octanol–water partition coefficient (Wildman–Crippen LogP) is 4.27. The van der Waals surface area contributed by atoms with Gasteiger partial charge in [0.2, 0.25) is 0 Å². The summed E-state index contributed by atoms with van der Waals surface area (Å²) in [5.74, 6) is 0.655. The first kappa shape index (κ1) is 12.7. The molecule has 0 spiro atoms. The topological polar surface area (TPSA) is 26.0 Å². The van der Waals surface area contributed by atoms with Gasteiger partial charge in [0.05, 0.1) is 0 Å². The van der Waals surface area contributed by atoms with Gasteiger partial charge in [0.15, 0.2) is 0 Å². The lowest BCUT2D eigenvalue weighted by Gasteiger charge is -2.22. The smallest absolute Gasteiger partial charge is 0.0420 e. The predicted molar refractivity (Wildman–Crippen MR) is 69.3 cm³/mol. The second-order valence-corrected chi connectivity index (χ2v) is 5.25. The Labute approximate surface area is 97.7 Å². The highest BCUT2D eigenvalue weighted by atomic mass is 32.1. The fourth-order valence-corrected chi connectivity index (χ4v) is 3.07. The van der Waals surface area contributed by atoms with Crippen LogP contribution < -0.4 is 5.73 Å². The average molecular weight is 225 g/mol. The van der Waals surface area contributed by atoms with E-state index in [1.807, 2.05) is 11.3 Å². The van der Waals surface area contributed by atoms with E-state index in [-0.39, 0.29) is 6.04 Å². The molecule has 1 heterocycles. The van der Waals surface area contributed by atoms with Crippen molar-refractivity contribution in [3.63, 3.8) is 0 Å². The standard InChI is InChI=1S/C13H23NS/c1-4-6-7-11(5-2)12(14)13-10(3)8-9-15-13/h8-9,11-12H,4-7,14H2,1-3H3. The Hall–Kier alpha value is -0.340. The molecule has 2 N–H and O–H groups in total. The molecule has 15 heavy (non-hydrogen) atoms. The Bertz CT molecular complexity index is 280.